The van der Waals surface area contributed by atoms with Crippen LogP contribution in [0.2, 0.25) is 0 Å². The molecule has 31 heteroatoms. The number of carbonyl (C=O) groups is 4. The Morgan fingerprint density at radius 1 is 0.630 bits per heavy atom. The van der Waals surface area contributed by atoms with Crippen molar-refractivity contribution in [3.8, 4) is 34.8 Å². The third kappa shape index (κ3) is 21.1. The zero-order valence-electron chi connectivity index (χ0n) is 67.1. The molecule has 8 atom stereocenters. The van der Waals surface area contributed by atoms with Crippen LogP contribution >= 0.6 is 17.1 Å². The lowest BCUT2D eigenvalue weighted by Crippen LogP contribution is -2.38. The number of nitrogens with zero attached hydrogens (tertiary/aromatic N) is 10. The number of hydrogen-bond acceptors (Lipinski definition) is 23. The molecule has 3 aromatic heterocycles. The van der Waals surface area contributed by atoms with E-state index in [0.717, 1.165) is 50.1 Å². The normalized spacial score (nSPS) is 17.4. The number of benzene rings is 7. The van der Waals surface area contributed by atoms with Crippen LogP contribution in [0.25, 0.3) is 22.3 Å². The molecule has 2 fully saturated rings. The molecule has 13 rings (SSSR count). The zero-order valence-corrected chi connectivity index (χ0v) is 68.9. The smallest absolute Gasteiger partial charge is 0.409 e. The third-order valence-electron chi connectivity index (χ3n) is 20.6. The average molecular weight is 1650 g/mol. The summed E-state index contributed by atoms with van der Waals surface area (Å²) >= 11 is 0. The van der Waals surface area contributed by atoms with E-state index in [4.69, 9.17) is 56.0 Å². The van der Waals surface area contributed by atoms with E-state index in [2.05, 4.69) is 72.0 Å². The summed E-state index contributed by atoms with van der Waals surface area (Å²) in [5, 5.41) is 28.2. The molecule has 10 aromatic rings. The van der Waals surface area contributed by atoms with Crippen LogP contribution in [-0.4, -0.2) is 160 Å². The van der Waals surface area contributed by atoms with Gasteiger partial charge in [0.25, 0.3) is 14.4 Å². The molecule has 0 radical (unpaired) electrons. The molecule has 4 amide bonds. The predicted molar refractivity (Wildman–Crippen MR) is 445 cm³/mol. The van der Waals surface area contributed by atoms with Crippen molar-refractivity contribution in [2.45, 2.75) is 140 Å². The maximum absolute atomic E-state index is 14.3. The lowest BCUT2D eigenvalue weighted by molar-refractivity contribution is -0.120. The van der Waals surface area contributed by atoms with Gasteiger partial charge in [0, 0.05) is 69.2 Å². The zero-order chi connectivity index (χ0) is 83.4. The number of rotatable bonds is 39. The number of amides is 4. The number of methoxy groups -OCH3 is 2. The maximum Gasteiger partial charge on any atom is 0.409 e. The molecule has 0 bridgehead atoms. The molecule has 618 valence electrons. The molecule has 0 saturated carbocycles. The van der Waals surface area contributed by atoms with Gasteiger partial charge in [-0.1, -0.05) is 146 Å². The molecular weight excluding hydrogens is 1560 g/mol. The average Bonchev–Trinajstić information content (AvgIpc) is 0.871. The number of carbonyl (C=O) groups excluding carboxylic acids is 4. The van der Waals surface area contributed by atoms with Gasteiger partial charge in [-0.25, -0.2) is 29.2 Å². The number of nitrogens with one attached hydrogen (secondary N) is 3. The Kier molecular flexibility index (Phi) is 29.4. The van der Waals surface area contributed by atoms with Crippen molar-refractivity contribution in [1.82, 2.24) is 44.0 Å². The summed E-state index contributed by atoms with van der Waals surface area (Å²) in [4.78, 5) is 87.5. The first-order valence-electron chi connectivity index (χ1n) is 39.4. The van der Waals surface area contributed by atoms with Crippen LogP contribution in [0.1, 0.15) is 134 Å². The molecule has 29 nitrogen and oxygen atoms in total. The SMILES string of the molecule is COc1ccc(C(OC[C@H]2O[C@@H](n3cnc4c(NC(=O)CCCN(C)C(=O)OCC5c6ccccc6-c6ccccc65)ncnc43)C[C@H]2OP(OCCC#N)OC[C@H]2O[C@@H](n3ccc(NC(=O)c4ccc(CNC(=O)Cc5ccccc5)cc4)nc3=O)CC2OP(OCCC#N)N(C(C)C)C(C)C)(c2ccccc2)c2ccc(OC)cc2)cc1. The number of hydrogen-bond donors (Lipinski definition) is 3. The highest BCUT2D eigenvalue weighted by Crippen LogP contribution is 2.53. The molecule has 5 heterocycles. The van der Waals surface area contributed by atoms with Gasteiger partial charge in [-0.2, -0.15) is 15.5 Å². The van der Waals surface area contributed by atoms with Gasteiger partial charge in [0.05, 0.1) is 90.6 Å². The van der Waals surface area contributed by atoms with Gasteiger partial charge in [-0.15, -0.1) is 0 Å². The van der Waals surface area contributed by atoms with Crippen molar-refractivity contribution < 1.29 is 70.2 Å². The first-order valence-corrected chi connectivity index (χ1v) is 41.6. The fraction of sp³-hybridized carbons (Fsp3) is 0.352. The van der Waals surface area contributed by atoms with E-state index < -0.39 is 77.3 Å². The minimum absolute atomic E-state index is 0.0179. The molecule has 2 aliphatic heterocycles. The van der Waals surface area contributed by atoms with Crippen LogP contribution in [0.5, 0.6) is 11.5 Å². The van der Waals surface area contributed by atoms with Crippen LogP contribution in [0.4, 0.5) is 16.4 Å². The van der Waals surface area contributed by atoms with E-state index in [1.807, 2.05) is 161 Å². The fourth-order valence-corrected chi connectivity index (χ4v) is 17.7. The minimum atomic E-state index is -2.46. The number of aromatic nitrogens is 6. The van der Waals surface area contributed by atoms with Gasteiger partial charge >= 0.3 is 20.4 Å². The van der Waals surface area contributed by atoms with E-state index in [1.54, 1.807) is 56.4 Å². The lowest BCUT2D eigenvalue weighted by Gasteiger charge is -2.37. The van der Waals surface area contributed by atoms with Gasteiger partial charge in [-0.05, 0) is 127 Å². The van der Waals surface area contributed by atoms with Crippen LogP contribution in [-0.2, 0) is 69.7 Å². The van der Waals surface area contributed by atoms with Crippen LogP contribution < -0.4 is 31.1 Å². The number of imidazole rings is 1. The van der Waals surface area contributed by atoms with E-state index in [0.29, 0.717) is 23.6 Å². The van der Waals surface area contributed by atoms with Crippen LogP contribution in [0.15, 0.2) is 212 Å². The molecule has 3 unspecified atom stereocenters. The van der Waals surface area contributed by atoms with Crippen molar-refractivity contribution in [3.63, 3.8) is 0 Å². The van der Waals surface area contributed by atoms with Gasteiger partial charge in [0.1, 0.15) is 60.5 Å². The molecule has 0 spiro atoms. The maximum atomic E-state index is 14.3. The van der Waals surface area contributed by atoms with Crippen molar-refractivity contribution >= 4 is 63.7 Å². The summed E-state index contributed by atoms with van der Waals surface area (Å²) in [6.07, 6.45) is -0.990. The Hall–Kier alpha value is -11.3. The molecule has 2 saturated heterocycles. The number of fused-ring (bicyclic) bond motifs is 4. The quantitative estimate of drug-likeness (QED) is 0.0183. The van der Waals surface area contributed by atoms with Crippen LogP contribution in [0.3, 0.4) is 0 Å². The fourth-order valence-electron chi connectivity index (χ4n) is 14.8. The number of nitriles is 2. The Morgan fingerprint density at radius 2 is 1.22 bits per heavy atom. The molecule has 119 heavy (non-hydrogen) atoms. The summed E-state index contributed by atoms with van der Waals surface area (Å²) in [6, 6.07) is 63.0. The number of ether oxygens (including phenoxy) is 6. The van der Waals surface area contributed by atoms with Crippen molar-refractivity contribution in [2.24, 2.45) is 0 Å². The van der Waals surface area contributed by atoms with Crippen molar-refractivity contribution in [2.75, 3.05) is 71.5 Å². The second kappa shape index (κ2) is 40.9. The predicted octanol–water partition coefficient (Wildman–Crippen LogP) is 14.6. The largest absolute Gasteiger partial charge is 0.497 e. The molecule has 3 N–H and O–H groups in total. The highest BCUT2D eigenvalue weighted by atomic mass is 31.2. The summed E-state index contributed by atoms with van der Waals surface area (Å²) < 4.78 is 77.6. The lowest BCUT2D eigenvalue weighted by atomic mass is 9.80. The monoisotopic (exact) mass is 1650 g/mol. The van der Waals surface area contributed by atoms with Crippen molar-refractivity contribution in [3.05, 3.63) is 262 Å². The molecule has 1 aliphatic carbocycles. The Bertz CT molecular complexity index is 5130. The first-order chi connectivity index (χ1) is 57.9. The van der Waals surface area contributed by atoms with Gasteiger partial charge in [0.2, 0.25) is 11.8 Å². The highest BCUT2D eigenvalue weighted by Gasteiger charge is 2.47. The summed E-state index contributed by atoms with van der Waals surface area (Å²) in [5.41, 5.74) is 7.17. The second-order valence-corrected chi connectivity index (χ2v) is 31.7. The Labute approximate surface area is 692 Å². The third-order valence-corrected chi connectivity index (χ3v) is 24.0. The first kappa shape index (κ1) is 85.6. The van der Waals surface area contributed by atoms with Gasteiger partial charge in [-0.3, -0.25) is 23.5 Å². The van der Waals surface area contributed by atoms with E-state index in [-0.39, 0.29) is 137 Å². The summed E-state index contributed by atoms with van der Waals surface area (Å²) in [5.74, 6) is 0.222. The minimum Gasteiger partial charge on any atom is -0.497 e. The van der Waals surface area contributed by atoms with Gasteiger partial charge in [0.15, 0.2) is 17.0 Å². The Morgan fingerprint density at radius 3 is 1.84 bits per heavy atom. The Balaban J connectivity index is 0.751. The standard InChI is InChI=1S/C88H95N13O16P2/c1-58(2)101(59(3)4)118(111-47-19-43-89)116-73-50-80(99-46-42-77(96-86(99)105)95-85(104)62-32-30-61(31-33-62)52-91-79(103)49-60-21-10-8-11-22-60)115-76(73)55-113-119(112-48-20-44-90)117-74-51-81(114-75(74)54-110-88(63-23-12-9-13-24-63,64-34-38-66(107-6)39-35-64)65-36-40-67(108-7)41-37-65)100-57-94-82-83(92-56-93-84(82)100)97-78(102)29-18-45-98(5)87(106)109-53-72-70-27-16-14-25-68(70)69-26-15-17-28-71(69)72/h8-17,21-28,30-42,46,56-59,72-76,80-81H,18-20,29,45,47-55H2,1-7H3,(H,91,103)(H,92,93,97,102)(H,95,96,104,105)/t73?,74-,75-,76-,80-,81-,118?,119?/m1/s1. The van der Waals surface area contributed by atoms with E-state index in [1.165, 1.54) is 28.1 Å². The van der Waals surface area contributed by atoms with E-state index >= 15 is 0 Å². The van der Waals surface area contributed by atoms with E-state index in [9.17, 15) is 34.5 Å². The number of anilines is 2. The second-order valence-electron chi connectivity index (χ2n) is 29.2. The highest BCUT2D eigenvalue weighted by molar-refractivity contribution is 7.44. The molecule has 3 aliphatic rings. The molecule has 7 aromatic carbocycles. The summed E-state index contributed by atoms with van der Waals surface area (Å²) in [7, 11) is 0.473. The summed E-state index contributed by atoms with van der Waals surface area (Å²) in [6.45, 7) is 8.23. The van der Waals surface area contributed by atoms with Gasteiger partial charge < -0.3 is 71.9 Å². The van der Waals surface area contributed by atoms with Crippen LogP contribution in [0, 0.1) is 22.7 Å². The van der Waals surface area contributed by atoms with Crippen molar-refractivity contribution in [1.29, 1.82) is 10.5 Å². The molecular formula is C88H95N13O16P2. The topological polar surface area (TPSA) is 338 Å².